The van der Waals surface area contributed by atoms with Gasteiger partial charge in [0.1, 0.15) is 5.52 Å². The Bertz CT molecular complexity index is 2690. The van der Waals surface area contributed by atoms with Crippen LogP contribution in [-0.4, -0.2) is 14.1 Å². The molecule has 0 bridgehead atoms. The number of aromatic nitrogens is 3. The summed E-state index contributed by atoms with van der Waals surface area (Å²) in [5.74, 6) is 0. The van der Waals surface area contributed by atoms with Gasteiger partial charge in [0.2, 0.25) is 0 Å². The Kier molecular flexibility index (Phi) is 4.30. The van der Waals surface area contributed by atoms with Crippen molar-refractivity contribution < 1.29 is 4.42 Å². The number of para-hydroxylation sites is 3. The van der Waals surface area contributed by atoms with E-state index in [0.717, 1.165) is 33.2 Å². The smallest absolute Gasteiger partial charge is 0.307 e. The van der Waals surface area contributed by atoms with Crippen LogP contribution < -0.4 is 0 Å². The second-order valence-corrected chi connectivity index (χ2v) is 11.9. The maximum atomic E-state index is 6.74. The molecule has 6 aromatic carbocycles. The minimum absolute atomic E-state index is 0.588. The Labute approximate surface area is 243 Å². The molecule has 0 radical (unpaired) electrons. The van der Waals surface area contributed by atoms with Gasteiger partial charge in [-0.05, 0) is 54.6 Å². The van der Waals surface area contributed by atoms with E-state index in [1.807, 2.05) is 0 Å². The summed E-state index contributed by atoms with van der Waals surface area (Å²) in [5.41, 5.74) is 7.39. The van der Waals surface area contributed by atoms with Gasteiger partial charge in [-0.3, -0.25) is 4.57 Å². The van der Waals surface area contributed by atoms with Gasteiger partial charge in [0.05, 0.1) is 22.1 Å². The maximum Gasteiger partial charge on any atom is 0.307 e. The van der Waals surface area contributed by atoms with Crippen LogP contribution in [0.2, 0.25) is 0 Å². The number of fused-ring (bicyclic) bond motifs is 12. The molecule has 0 fully saturated rings. The van der Waals surface area contributed by atoms with E-state index in [4.69, 9.17) is 9.40 Å². The summed E-state index contributed by atoms with van der Waals surface area (Å²) in [7, 11) is 0. The van der Waals surface area contributed by atoms with Crippen LogP contribution in [0.1, 0.15) is 0 Å². The molecule has 0 spiro atoms. The number of hydrogen-bond acceptors (Lipinski definition) is 3. The fourth-order valence-electron chi connectivity index (χ4n) is 6.86. The van der Waals surface area contributed by atoms with Gasteiger partial charge >= 0.3 is 6.01 Å². The Morgan fingerprint density at radius 1 is 0.476 bits per heavy atom. The third-order valence-corrected chi connectivity index (χ3v) is 9.70. The molecule has 4 heterocycles. The molecule has 0 atom stereocenters. The van der Waals surface area contributed by atoms with E-state index in [1.54, 1.807) is 11.3 Å². The molecular formula is C37H21N3OS. The standard InChI is InChI=1S/C37H21N3OS/c1-2-10-22(11-3-1)39-27-15-7-4-12-23(27)33-29(39)19-20-30-34(33)24-13-5-8-16-28(24)40(30)37-38-26-18-21-32-35(36(26)41-37)25-14-6-9-17-31(25)42-32/h1-21H. The molecule has 0 saturated carbocycles. The van der Waals surface area contributed by atoms with Crippen molar-refractivity contribution in [2.45, 2.75) is 0 Å². The summed E-state index contributed by atoms with van der Waals surface area (Å²) in [6.07, 6.45) is 0. The number of rotatable bonds is 2. The summed E-state index contributed by atoms with van der Waals surface area (Å²) in [5, 5.41) is 7.22. The summed E-state index contributed by atoms with van der Waals surface area (Å²) in [6.45, 7) is 0. The Hall–Kier alpha value is -5.39. The van der Waals surface area contributed by atoms with E-state index < -0.39 is 0 Å². The van der Waals surface area contributed by atoms with Crippen LogP contribution in [0.5, 0.6) is 0 Å². The Morgan fingerprint density at radius 2 is 1.10 bits per heavy atom. The quantitative estimate of drug-likeness (QED) is 0.213. The van der Waals surface area contributed by atoms with E-state index in [-0.39, 0.29) is 0 Å². The van der Waals surface area contributed by atoms with Crippen molar-refractivity contribution in [3.8, 4) is 11.7 Å². The van der Waals surface area contributed by atoms with Crippen LogP contribution in [-0.2, 0) is 0 Å². The van der Waals surface area contributed by atoms with Gasteiger partial charge in [0, 0.05) is 47.4 Å². The van der Waals surface area contributed by atoms with Gasteiger partial charge in [-0.15, -0.1) is 11.3 Å². The monoisotopic (exact) mass is 555 g/mol. The van der Waals surface area contributed by atoms with Crippen molar-refractivity contribution in [2.75, 3.05) is 0 Å². The lowest BCUT2D eigenvalue weighted by molar-refractivity contribution is 0.577. The minimum Gasteiger partial charge on any atom is -0.422 e. The second kappa shape index (κ2) is 8.09. The zero-order chi connectivity index (χ0) is 27.4. The van der Waals surface area contributed by atoms with Crippen molar-refractivity contribution in [3.05, 3.63) is 127 Å². The minimum atomic E-state index is 0.588. The lowest BCUT2D eigenvalue weighted by Crippen LogP contribution is -1.94. The molecule has 10 aromatic rings. The van der Waals surface area contributed by atoms with E-state index in [1.165, 1.54) is 47.4 Å². The van der Waals surface area contributed by atoms with E-state index in [0.29, 0.717) is 6.01 Å². The lowest BCUT2D eigenvalue weighted by atomic mass is 10.1. The molecule has 0 saturated heterocycles. The fraction of sp³-hybridized carbons (Fsp3) is 0. The molecule has 196 valence electrons. The predicted molar refractivity (Wildman–Crippen MR) is 176 cm³/mol. The Morgan fingerprint density at radius 3 is 1.86 bits per heavy atom. The summed E-state index contributed by atoms with van der Waals surface area (Å²) in [6, 6.07) is 45.7. The van der Waals surface area contributed by atoms with Gasteiger partial charge in [0.25, 0.3) is 0 Å². The summed E-state index contributed by atoms with van der Waals surface area (Å²) in [4.78, 5) is 5.08. The molecule has 4 nitrogen and oxygen atoms in total. The maximum absolute atomic E-state index is 6.74. The van der Waals surface area contributed by atoms with E-state index in [2.05, 4.69) is 137 Å². The van der Waals surface area contributed by atoms with Crippen LogP contribution in [0.4, 0.5) is 0 Å². The first-order chi connectivity index (χ1) is 20.8. The van der Waals surface area contributed by atoms with Crippen molar-refractivity contribution in [3.63, 3.8) is 0 Å². The highest BCUT2D eigenvalue weighted by Gasteiger charge is 2.23. The number of benzene rings is 6. The number of thiophene rings is 1. The fourth-order valence-corrected chi connectivity index (χ4v) is 7.96. The number of nitrogens with zero attached hydrogens (tertiary/aromatic N) is 3. The van der Waals surface area contributed by atoms with Crippen LogP contribution in [0.15, 0.2) is 132 Å². The van der Waals surface area contributed by atoms with Crippen molar-refractivity contribution in [2.24, 2.45) is 0 Å². The van der Waals surface area contributed by atoms with Gasteiger partial charge in [-0.25, -0.2) is 0 Å². The first-order valence-electron chi connectivity index (χ1n) is 14.1. The lowest BCUT2D eigenvalue weighted by Gasteiger charge is -2.07. The van der Waals surface area contributed by atoms with Gasteiger partial charge in [0.15, 0.2) is 5.58 Å². The van der Waals surface area contributed by atoms with Gasteiger partial charge in [-0.2, -0.15) is 4.98 Å². The van der Waals surface area contributed by atoms with E-state index in [9.17, 15) is 0 Å². The largest absolute Gasteiger partial charge is 0.422 e. The third-order valence-electron chi connectivity index (χ3n) is 8.56. The summed E-state index contributed by atoms with van der Waals surface area (Å²) >= 11 is 1.79. The average Bonchev–Trinajstić information content (AvgIpc) is 3.79. The van der Waals surface area contributed by atoms with Gasteiger partial charge in [-0.1, -0.05) is 72.8 Å². The number of oxazole rings is 1. The average molecular weight is 556 g/mol. The third kappa shape index (κ3) is 2.83. The molecule has 4 aromatic heterocycles. The first kappa shape index (κ1) is 22.3. The van der Waals surface area contributed by atoms with Crippen molar-refractivity contribution in [1.82, 2.24) is 14.1 Å². The van der Waals surface area contributed by atoms with Crippen molar-refractivity contribution >= 4 is 86.2 Å². The molecule has 0 N–H and O–H groups in total. The number of hydrogen-bond donors (Lipinski definition) is 0. The molecule has 0 amide bonds. The Balaban J connectivity index is 1.35. The molecular weight excluding hydrogens is 534 g/mol. The molecule has 0 aliphatic carbocycles. The highest BCUT2D eigenvalue weighted by Crippen LogP contribution is 2.43. The summed E-state index contributed by atoms with van der Waals surface area (Å²) < 4.78 is 13.8. The van der Waals surface area contributed by atoms with E-state index >= 15 is 0 Å². The SMILES string of the molecule is c1ccc(-n2c3ccccc3c3c4c5ccccc5n(-c5nc6ccc7sc8ccccc8c7c6o5)c4ccc32)cc1. The zero-order valence-corrected chi connectivity index (χ0v) is 23.1. The zero-order valence-electron chi connectivity index (χ0n) is 22.3. The second-order valence-electron chi connectivity index (χ2n) is 10.8. The van der Waals surface area contributed by atoms with Crippen LogP contribution in [0.3, 0.4) is 0 Å². The molecule has 0 aliphatic rings. The predicted octanol–water partition coefficient (Wildman–Crippen LogP) is 10.4. The van der Waals surface area contributed by atoms with Gasteiger partial charge < -0.3 is 8.98 Å². The first-order valence-corrected chi connectivity index (χ1v) is 14.9. The molecule has 5 heteroatoms. The highest BCUT2D eigenvalue weighted by atomic mass is 32.1. The van der Waals surface area contributed by atoms with Crippen LogP contribution >= 0.6 is 11.3 Å². The van der Waals surface area contributed by atoms with Crippen LogP contribution in [0, 0.1) is 0 Å². The normalized spacial score (nSPS) is 12.3. The molecule has 42 heavy (non-hydrogen) atoms. The van der Waals surface area contributed by atoms with Crippen LogP contribution in [0.25, 0.3) is 86.6 Å². The topological polar surface area (TPSA) is 35.9 Å². The molecule has 0 aliphatic heterocycles. The highest BCUT2D eigenvalue weighted by molar-refractivity contribution is 7.26. The van der Waals surface area contributed by atoms with Crippen molar-refractivity contribution in [1.29, 1.82) is 0 Å². The molecule has 10 rings (SSSR count). The molecule has 0 unspecified atom stereocenters.